The summed E-state index contributed by atoms with van der Waals surface area (Å²) in [5.74, 6) is -0.0684. The van der Waals surface area contributed by atoms with E-state index in [2.05, 4.69) is 5.32 Å². The number of amides is 1. The Morgan fingerprint density at radius 3 is 2.83 bits per heavy atom. The van der Waals surface area contributed by atoms with Gasteiger partial charge >= 0.3 is 0 Å². The van der Waals surface area contributed by atoms with E-state index in [1.54, 1.807) is 6.07 Å². The number of carbonyl (C=O) groups excluding carboxylic acids is 1. The number of carbonyl (C=O) groups is 1. The van der Waals surface area contributed by atoms with Gasteiger partial charge in [0.25, 0.3) is 0 Å². The Morgan fingerprint density at radius 2 is 2.22 bits per heavy atom. The maximum atomic E-state index is 11.6. The summed E-state index contributed by atoms with van der Waals surface area (Å²) in [4.78, 5) is 11.6. The smallest absolute Gasteiger partial charge is 0.224 e. The van der Waals surface area contributed by atoms with Crippen molar-refractivity contribution in [2.75, 3.05) is 6.54 Å². The highest BCUT2D eigenvalue weighted by Gasteiger charge is 2.08. The lowest BCUT2D eigenvalue weighted by atomic mass is 10.1. The Labute approximate surface area is 112 Å². The van der Waals surface area contributed by atoms with Crippen molar-refractivity contribution in [2.24, 2.45) is 0 Å². The zero-order chi connectivity index (χ0) is 13.5. The van der Waals surface area contributed by atoms with Crippen molar-refractivity contribution in [3.05, 3.63) is 28.8 Å². The van der Waals surface area contributed by atoms with E-state index < -0.39 is 0 Å². The number of hydrogen-bond acceptors (Lipinski definition) is 3. The number of halogens is 1. The molecule has 1 atom stereocenters. The van der Waals surface area contributed by atoms with Gasteiger partial charge in [0.1, 0.15) is 5.75 Å². The molecule has 0 radical (unpaired) electrons. The third kappa shape index (κ3) is 4.94. The summed E-state index contributed by atoms with van der Waals surface area (Å²) in [6, 6.07) is 4.53. The number of phenols is 1. The Hall–Kier alpha value is -1.26. The van der Waals surface area contributed by atoms with Gasteiger partial charge in [-0.3, -0.25) is 4.79 Å². The molecule has 0 fully saturated rings. The average molecular weight is 272 g/mol. The van der Waals surface area contributed by atoms with Crippen LogP contribution in [-0.2, 0) is 11.2 Å². The monoisotopic (exact) mass is 271 g/mol. The van der Waals surface area contributed by atoms with Crippen molar-refractivity contribution in [1.82, 2.24) is 5.32 Å². The number of phenolic OH excluding ortho intramolecular Hbond substituents is 1. The summed E-state index contributed by atoms with van der Waals surface area (Å²) in [5.41, 5.74) is 0.669. The summed E-state index contributed by atoms with van der Waals surface area (Å²) < 4.78 is 0. The summed E-state index contributed by atoms with van der Waals surface area (Å²) in [6.45, 7) is 2.34. The van der Waals surface area contributed by atoms with Crippen LogP contribution in [-0.4, -0.2) is 28.8 Å². The molecule has 1 rings (SSSR count). The Bertz CT molecular complexity index is 409. The Kier molecular flexibility index (Phi) is 5.95. The molecule has 1 aromatic carbocycles. The van der Waals surface area contributed by atoms with E-state index >= 15 is 0 Å². The highest BCUT2D eigenvalue weighted by atomic mass is 35.5. The molecule has 5 heteroatoms. The lowest BCUT2D eigenvalue weighted by molar-refractivity contribution is -0.120. The molecule has 0 saturated heterocycles. The quantitative estimate of drug-likeness (QED) is 0.740. The number of benzene rings is 1. The van der Waals surface area contributed by atoms with E-state index in [-0.39, 0.29) is 24.2 Å². The third-order valence-corrected chi connectivity index (χ3v) is 3.01. The van der Waals surface area contributed by atoms with E-state index in [4.69, 9.17) is 11.6 Å². The molecule has 1 unspecified atom stereocenters. The molecule has 1 aromatic rings. The zero-order valence-electron chi connectivity index (χ0n) is 10.3. The summed E-state index contributed by atoms with van der Waals surface area (Å²) in [5, 5.41) is 21.6. The highest BCUT2D eigenvalue weighted by molar-refractivity contribution is 6.31. The van der Waals surface area contributed by atoms with Crippen molar-refractivity contribution in [3.8, 4) is 5.75 Å². The van der Waals surface area contributed by atoms with Crippen molar-refractivity contribution in [2.45, 2.75) is 32.3 Å². The second-order valence-corrected chi connectivity index (χ2v) is 4.56. The molecule has 1 amide bonds. The van der Waals surface area contributed by atoms with E-state index in [1.807, 2.05) is 6.92 Å². The SMILES string of the molecule is CCC(O)CCNC(=O)Cc1ccc(O)cc1Cl. The van der Waals surface area contributed by atoms with Crippen LogP contribution in [0.2, 0.25) is 5.02 Å². The largest absolute Gasteiger partial charge is 0.508 e. The van der Waals surface area contributed by atoms with Crippen molar-refractivity contribution in [3.63, 3.8) is 0 Å². The molecule has 0 aliphatic carbocycles. The van der Waals surface area contributed by atoms with Crippen LogP contribution in [0.15, 0.2) is 18.2 Å². The van der Waals surface area contributed by atoms with Gasteiger partial charge in [-0.15, -0.1) is 0 Å². The van der Waals surface area contributed by atoms with Crippen LogP contribution >= 0.6 is 11.6 Å². The maximum Gasteiger partial charge on any atom is 0.224 e. The maximum absolute atomic E-state index is 11.6. The van der Waals surface area contributed by atoms with Crippen molar-refractivity contribution in [1.29, 1.82) is 0 Å². The fourth-order valence-electron chi connectivity index (χ4n) is 1.50. The highest BCUT2D eigenvalue weighted by Crippen LogP contribution is 2.21. The van der Waals surface area contributed by atoms with Crippen LogP contribution in [0.1, 0.15) is 25.3 Å². The molecule has 0 saturated carbocycles. The molecule has 100 valence electrons. The summed E-state index contributed by atoms with van der Waals surface area (Å²) in [7, 11) is 0. The first-order valence-electron chi connectivity index (χ1n) is 5.95. The lowest BCUT2D eigenvalue weighted by Gasteiger charge is -2.09. The Balaban J connectivity index is 2.40. The molecule has 0 aliphatic rings. The fraction of sp³-hybridized carbons (Fsp3) is 0.462. The van der Waals surface area contributed by atoms with Gasteiger partial charge in [0.2, 0.25) is 5.91 Å². The molecule has 0 aromatic heterocycles. The second kappa shape index (κ2) is 7.24. The minimum absolute atomic E-state index is 0.0789. The van der Waals surface area contributed by atoms with Gasteiger partial charge in [0.05, 0.1) is 12.5 Å². The fourth-order valence-corrected chi connectivity index (χ4v) is 1.74. The molecule has 0 spiro atoms. The number of aromatic hydroxyl groups is 1. The molecule has 0 aliphatic heterocycles. The lowest BCUT2D eigenvalue weighted by Crippen LogP contribution is -2.28. The number of hydrogen-bond donors (Lipinski definition) is 3. The van der Waals surface area contributed by atoms with E-state index in [9.17, 15) is 15.0 Å². The normalized spacial score (nSPS) is 12.2. The topological polar surface area (TPSA) is 69.6 Å². The predicted octanol–water partition coefficient (Wildman–Crippen LogP) is 1.87. The molecular weight excluding hydrogens is 254 g/mol. The molecule has 18 heavy (non-hydrogen) atoms. The first-order valence-corrected chi connectivity index (χ1v) is 6.33. The molecule has 0 heterocycles. The van der Waals surface area contributed by atoms with Gasteiger partial charge in [-0.1, -0.05) is 24.6 Å². The zero-order valence-corrected chi connectivity index (χ0v) is 11.1. The van der Waals surface area contributed by atoms with Gasteiger partial charge < -0.3 is 15.5 Å². The number of rotatable bonds is 6. The third-order valence-electron chi connectivity index (χ3n) is 2.66. The van der Waals surface area contributed by atoms with Crippen molar-refractivity contribution < 1.29 is 15.0 Å². The summed E-state index contributed by atoms with van der Waals surface area (Å²) in [6.07, 6.45) is 1.02. The van der Waals surface area contributed by atoms with Gasteiger partial charge in [-0.2, -0.15) is 0 Å². The van der Waals surface area contributed by atoms with Crippen molar-refractivity contribution >= 4 is 17.5 Å². The second-order valence-electron chi connectivity index (χ2n) is 4.15. The molecule has 3 N–H and O–H groups in total. The minimum Gasteiger partial charge on any atom is -0.508 e. The summed E-state index contributed by atoms with van der Waals surface area (Å²) >= 11 is 5.90. The molecule has 4 nitrogen and oxygen atoms in total. The number of aliphatic hydroxyl groups is 1. The Morgan fingerprint density at radius 1 is 1.50 bits per heavy atom. The number of aliphatic hydroxyl groups excluding tert-OH is 1. The van der Waals surface area contributed by atoms with Crippen LogP contribution in [0, 0.1) is 0 Å². The predicted molar refractivity (Wildman–Crippen MR) is 70.7 cm³/mol. The van der Waals surface area contributed by atoms with Crippen LogP contribution in [0.4, 0.5) is 0 Å². The van der Waals surface area contributed by atoms with Gasteiger partial charge in [0.15, 0.2) is 0 Å². The van der Waals surface area contributed by atoms with Gasteiger partial charge in [-0.25, -0.2) is 0 Å². The van der Waals surface area contributed by atoms with E-state index in [0.29, 0.717) is 30.0 Å². The minimum atomic E-state index is -0.373. The van der Waals surface area contributed by atoms with Crippen LogP contribution < -0.4 is 5.32 Å². The average Bonchev–Trinajstić information content (AvgIpc) is 2.32. The van der Waals surface area contributed by atoms with Crippen LogP contribution in [0.5, 0.6) is 5.75 Å². The van der Waals surface area contributed by atoms with Gasteiger partial charge in [-0.05, 0) is 30.5 Å². The standard InChI is InChI=1S/C13H18ClNO3/c1-2-10(16)5-6-15-13(18)7-9-3-4-11(17)8-12(9)14/h3-4,8,10,16-17H,2,5-7H2,1H3,(H,15,18). The van der Waals surface area contributed by atoms with Crippen LogP contribution in [0.25, 0.3) is 0 Å². The molecular formula is C13H18ClNO3. The van der Waals surface area contributed by atoms with E-state index in [1.165, 1.54) is 12.1 Å². The first kappa shape index (κ1) is 14.8. The first-order chi connectivity index (χ1) is 8.52. The van der Waals surface area contributed by atoms with E-state index in [0.717, 1.165) is 0 Å². The van der Waals surface area contributed by atoms with Crippen LogP contribution in [0.3, 0.4) is 0 Å². The van der Waals surface area contributed by atoms with Gasteiger partial charge in [0, 0.05) is 11.6 Å². The number of nitrogens with one attached hydrogen (secondary N) is 1. The molecule has 0 bridgehead atoms.